The Balaban J connectivity index is 2.31. The highest BCUT2D eigenvalue weighted by Crippen LogP contribution is 2.12. The third-order valence-electron chi connectivity index (χ3n) is 2.32. The summed E-state index contributed by atoms with van der Waals surface area (Å²) < 4.78 is 0. The molecule has 1 fully saturated rings. The van der Waals surface area contributed by atoms with Gasteiger partial charge in [-0.1, -0.05) is 6.42 Å². The Bertz CT molecular complexity index is 155. The van der Waals surface area contributed by atoms with E-state index >= 15 is 0 Å². The van der Waals surface area contributed by atoms with Crippen molar-refractivity contribution in [2.45, 2.75) is 51.4 Å². The van der Waals surface area contributed by atoms with Crippen LogP contribution in [0.3, 0.4) is 0 Å². The smallest absolute Gasteiger partial charge is 0.132 e. The van der Waals surface area contributed by atoms with Crippen molar-refractivity contribution in [2.24, 2.45) is 0 Å². The van der Waals surface area contributed by atoms with Gasteiger partial charge in [-0.15, -0.1) is 0 Å². The molecule has 0 aliphatic heterocycles. The Morgan fingerprint density at radius 3 is 1.50 bits per heavy atom. The fraction of sp³-hybridized carbons (Fsp3) is 0.800. The zero-order valence-electron chi connectivity index (χ0n) is 7.47. The van der Waals surface area contributed by atoms with Gasteiger partial charge in [0.1, 0.15) is 11.6 Å². The van der Waals surface area contributed by atoms with Gasteiger partial charge in [0.2, 0.25) is 0 Å². The standard InChI is InChI=1S/C10H16O2/c11-9-5-2-1-3-6-10(12)8-4-7-9/h1-8H2. The zero-order chi connectivity index (χ0) is 8.81. The molecule has 0 saturated heterocycles. The van der Waals surface area contributed by atoms with Gasteiger partial charge < -0.3 is 0 Å². The fourth-order valence-electron chi connectivity index (χ4n) is 1.55. The molecule has 1 saturated carbocycles. The second kappa shape index (κ2) is 5.07. The molecule has 2 heteroatoms. The van der Waals surface area contributed by atoms with E-state index in [9.17, 15) is 9.59 Å². The molecular formula is C10H16O2. The minimum atomic E-state index is 0.338. The second-order valence-electron chi connectivity index (χ2n) is 3.49. The van der Waals surface area contributed by atoms with Gasteiger partial charge in [0.25, 0.3) is 0 Å². The van der Waals surface area contributed by atoms with Crippen LogP contribution in [0.4, 0.5) is 0 Å². The summed E-state index contributed by atoms with van der Waals surface area (Å²) in [5.41, 5.74) is 0. The summed E-state index contributed by atoms with van der Waals surface area (Å²) in [4.78, 5) is 22.2. The Morgan fingerprint density at radius 2 is 1.00 bits per heavy atom. The van der Waals surface area contributed by atoms with Gasteiger partial charge in [-0.2, -0.15) is 0 Å². The van der Waals surface area contributed by atoms with E-state index in [1.165, 1.54) is 0 Å². The monoisotopic (exact) mass is 168 g/mol. The summed E-state index contributed by atoms with van der Waals surface area (Å²) in [7, 11) is 0. The van der Waals surface area contributed by atoms with Gasteiger partial charge in [0, 0.05) is 25.7 Å². The molecule has 12 heavy (non-hydrogen) atoms. The lowest BCUT2D eigenvalue weighted by Crippen LogP contribution is -2.04. The van der Waals surface area contributed by atoms with Crippen molar-refractivity contribution in [1.29, 1.82) is 0 Å². The molecule has 1 rings (SSSR count). The topological polar surface area (TPSA) is 34.1 Å². The lowest BCUT2D eigenvalue weighted by molar-refractivity contribution is -0.120. The SMILES string of the molecule is O=C1CCCCCC(=O)CCC1. The normalized spacial score (nSPS) is 22.3. The van der Waals surface area contributed by atoms with Crippen LogP contribution >= 0.6 is 0 Å². The molecule has 0 heterocycles. The number of hydrogen-bond donors (Lipinski definition) is 0. The van der Waals surface area contributed by atoms with Crippen LogP contribution in [0, 0.1) is 0 Å². The summed E-state index contributed by atoms with van der Waals surface area (Å²) >= 11 is 0. The highest BCUT2D eigenvalue weighted by Gasteiger charge is 2.08. The molecule has 0 aromatic carbocycles. The number of rotatable bonds is 0. The van der Waals surface area contributed by atoms with Crippen LogP contribution in [0.15, 0.2) is 0 Å². The molecule has 1 aliphatic rings. The molecule has 0 aromatic heterocycles. The van der Waals surface area contributed by atoms with E-state index in [4.69, 9.17) is 0 Å². The molecule has 0 aromatic rings. The van der Waals surface area contributed by atoms with Gasteiger partial charge in [0.05, 0.1) is 0 Å². The van der Waals surface area contributed by atoms with Crippen LogP contribution in [0.1, 0.15) is 51.4 Å². The Hall–Kier alpha value is -0.660. The van der Waals surface area contributed by atoms with Crippen molar-refractivity contribution in [2.75, 3.05) is 0 Å². The highest BCUT2D eigenvalue weighted by atomic mass is 16.1. The molecule has 0 atom stereocenters. The third kappa shape index (κ3) is 3.65. The molecule has 1 aliphatic carbocycles. The van der Waals surface area contributed by atoms with Crippen molar-refractivity contribution in [3.05, 3.63) is 0 Å². The van der Waals surface area contributed by atoms with Gasteiger partial charge >= 0.3 is 0 Å². The minimum Gasteiger partial charge on any atom is -0.300 e. The molecule has 0 bridgehead atoms. The van der Waals surface area contributed by atoms with Gasteiger partial charge in [0.15, 0.2) is 0 Å². The number of hydrogen-bond acceptors (Lipinski definition) is 2. The van der Waals surface area contributed by atoms with E-state index in [0.29, 0.717) is 24.4 Å². The third-order valence-corrected chi connectivity index (χ3v) is 2.32. The van der Waals surface area contributed by atoms with E-state index in [2.05, 4.69) is 0 Å². The maximum absolute atomic E-state index is 11.1. The molecule has 0 spiro atoms. The van der Waals surface area contributed by atoms with Gasteiger partial charge in [-0.25, -0.2) is 0 Å². The molecule has 0 amide bonds. The maximum atomic E-state index is 11.1. The van der Waals surface area contributed by atoms with Crippen LogP contribution in [0.5, 0.6) is 0 Å². The van der Waals surface area contributed by atoms with E-state index < -0.39 is 0 Å². The Labute approximate surface area is 73.3 Å². The predicted octanol–water partition coefficient (Wildman–Crippen LogP) is 2.26. The molecule has 0 unspecified atom stereocenters. The predicted molar refractivity (Wildman–Crippen MR) is 47.0 cm³/mol. The summed E-state index contributed by atoms with van der Waals surface area (Å²) in [5, 5.41) is 0. The average Bonchev–Trinajstić information content (AvgIpc) is 2.04. The van der Waals surface area contributed by atoms with Gasteiger partial charge in [-0.05, 0) is 19.3 Å². The number of carbonyl (C=O) groups is 2. The first kappa shape index (κ1) is 9.43. The maximum Gasteiger partial charge on any atom is 0.132 e. The molecule has 0 radical (unpaired) electrons. The van der Waals surface area contributed by atoms with Crippen molar-refractivity contribution in [3.8, 4) is 0 Å². The van der Waals surface area contributed by atoms with Crippen molar-refractivity contribution in [1.82, 2.24) is 0 Å². The lowest BCUT2D eigenvalue weighted by atomic mass is 9.99. The largest absolute Gasteiger partial charge is 0.300 e. The number of carbonyl (C=O) groups excluding carboxylic acids is 2. The zero-order valence-corrected chi connectivity index (χ0v) is 7.47. The summed E-state index contributed by atoms with van der Waals surface area (Å²) in [6, 6.07) is 0. The number of Topliss-reactive ketones (excluding diaryl/α,β-unsaturated/α-hetero) is 2. The quantitative estimate of drug-likeness (QED) is 0.556. The van der Waals surface area contributed by atoms with Crippen LogP contribution in [0.2, 0.25) is 0 Å². The van der Waals surface area contributed by atoms with Crippen LogP contribution in [-0.4, -0.2) is 11.6 Å². The van der Waals surface area contributed by atoms with E-state index in [1.807, 2.05) is 0 Å². The first-order valence-electron chi connectivity index (χ1n) is 4.82. The molecular weight excluding hydrogens is 152 g/mol. The molecule has 2 nitrogen and oxygen atoms in total. The van der Waals surface area contributed by atoms with E-state index in [0.717, 1.165) is 38.5 Å². The Kier molecular flexibility index (Phi) is 3.98. The van der Waals surface area contributed by atoms with Crippen molar-refractivity contribution < 1.29 is 9.59 Å². The summed E-state index contributed by atoms with van der Waals surface area (Å²) in [6.07, 6.45) is 6.47. The molecule has 68 valence electrons. The first-order chi connectivity index (χ1) is 5.79. The molecule has 0 N–H and O–H groups in total. The van der Waals surface area contributed by atoms with Crippen LogP contribution < -0.4 is 0 Å². The first-order valence-corrected chi connectivity index (χ1v) is 4.82. The van der Waals surface area contributed by atoms with E-state index in [1.54, 1.807) is 0 Å². The minimum absolute atomic E-state index is 0.338. The van der Waals surface area contributed by atoms with E-state index in [-0.39, 0.29) is 0 Å². The summed E-state index contributed by atoms with van der Waals surface area (Å²) in [6.45, 7) is 0. The van der Waals surface area contributed by atoms with Crippen molar-refractivity contribution >= 4 is 11.6 Å². The highest BCUT2D eigenvalue weighted by molar-refractivity contribution is 5.81. The average molecular weight is 168 g/mol. The summed E-state index contributed by atoms with van der Waals surface area (Å²) in [5.74, 6) is 0.675. The number of ketones is 2. The van der Waals surface area contributed by atoms with Crippen LogP contribution in [0.25, 0.3) is 0 Å². The second-order valence-corrected chi connectivity index (χ2v) is 3.49. The van der Waals surface area contributed by atoms with Crippen molar-refractivity contribution in [3.63, 3.8) is 0 Å². The van der Waals surface area contributed by atoms with Crippen LogP contribution in [-0.2, 0) is 9.59 Å². The lowest BCUT2D eigenvalue weighted by Gasteiger charge is -2.05. The van der Waals surface area contributed by atoms with Gasteiger partial charge in [-0.3, -0.25) is 9.59 Å². The fourth-order valence-corrected chi connectivity index (χ4v) is 1.55. The Morgan fingerprint density at radius 1 is 0.583 bits per heavy atom.